The Morgan fingerprint density at radius 1 is 1.41 bits per heavy atom. The molecule has 1 atom stereocenters. The van der Waals surface area contributed by atoms with Gasteiger partial charge in [0.2, 0.25) is 0 Å². The van der Waals surface area contributed by atoms with Crippen LogP contribution in [0.5, 0.6) is 0 Å². The van der Waals surface area contributed by atoms with Crippen LogP contribution in [0.3, 0.4) is 0 Å². The molecule has 1 unspecified atom stereocenters. The van der Waals surface area contributed by atoms with Gasteiger partial charge in [-0.15, -0.1) is 0 Å². The third-order valence-electron chi connectivity index (χ3n) is 2.96. The molecule has 0 saturated carbocycles. The first-order valence-corrected chi connectivity index (χ1v) is 7.04. The number of anilines is 1. The zero-order valence-corrected chi connectivity index (χ0v) is 9.74. The molecule has 1 aliphatic rings. The summed E-state index contributed by atoms with van der Waals surface area (Å²) < 4.78 is 22.8. The normalized spacial score (nSPS) is 23.2. The average Bonchev–Trinajstić information content (AvgIpc) is 2.82. The minimum atomic E-state index is -2.92. The van der Waals surface area contributed by atoms with E-state index in [9.17, 15) is 8.42 Å². The lowest BCUT2D eigenvalue weighted by atomic mass is 10.1. The number of nitrogens with zero attached hydrogens (tertiary/aromatic N) is 3. The van der Waals surface area contributed by atoms with E-state index in [0.29, 0.717) is 29.2 Å². The van der Waals surface area contributed by atoms with Crippen molar-refractivity contribution in [1.29, 1.82) is 0 Å². The van der Waals surface area contributed by atoms with Crippen molar-refractivity contribution in [3.8, 4) is 0 Å². The molecule has 2 aromatic rings. The van der Waals surface area contributed by atoms with E-state index in [0.717, 1.165) is 0 Å². The summed E-state index contributed by atoms with van der Waals surface area (Å²) in [4.78, 5) is 15.1. The number of H-pyrrole nitrogens is 1. The van der Waals surface area contributed by atoms with Gasteiger partial charge in [0.25, 0.3) is 0 Å². The van der Waals surface area contributed by atoms with Crippen molar-refractivity contribution < 1.29 is 8.42 Å². The highest BCUT2D eigenvalue weighted by atomic mass is 32.2. The van der Waals surface area contributed by atoms with Crippen molar-refractivity contribution >= 4 is 26.8 Å². The zero-order chi connectivity index (χ0) is 12.0. The van der Waals surface area contributed by atoms with Crippen LogP contribution in [0, 0.1) is 0 Å². The molecule has 0 bridgehead atoms. The fourth-order valence-corrected chi connectivity index (χ4v) is 3.82. The summed E-state index contributed by atoms with van der Waals surface area (Å²) in [6.07, 6.45) is 1.93. The molecule has 3 rings (SSSR count). The van der Waals surface area contributed by atoms with Gasteiger partial charge in [0.1, 0.15) is 17.7 Å². The van der Waals surface area contributed by atoms with Gasteiger partial charge in [-0.25, -0.2) is 23.4 Å². The van der Waals surface area contributed by atoms with Gasteiger partial charge < -0.3 is 10.7 Å². The lowest BCUT2D eigenvalue weighted by Gasteiger charge is -2.01. The Balaban J connectivity index is 2.05. The van der Waals surface area contributed by atoms with Crippen LogP contribution in [0.1, 0.15) is 18.2 Å². The van der Waals surface area contributed by atoms with Gasteiger partial charge in [0.05, 0.1) is 11.5 Å². The van der Waals surface area contributed by atoms with E-state index in [4.69, 9.17) is 5.73 Å². The van der Waals surface area contributed by atoms with E-state index in [2.05, 4.69) is 19.9 Å². The van der Waals surface area contributed by atoms with Gasteiger partial charge in [0, 0.05) is 5.92 Å². The van der Waals surface area contributed by atoms with Crippen molar-refractivity contribution in [3.63, 3.8) is 0 Å². The quantitative estimate of drug-likeness (QED) is 0.729. The van der Waals surface area contributed by atoms with Gasteiger partial charge in [-0.3, -0.25) is 0 Å². The first kappa shape index (κ1) is 10.5. The fraction of sp³-hybridized carbons (Fsp3) is 0.444. The largest absolute Gasteiger partial charge is 0.382 e. The molecular formula is C9H11N5O2S. The first-order valence-electron chi connectivity index (χ1n) is 5.22. The Morgan fingerprint density at radius 2 is 2.24 bits per heavy atom. The molecule has 0 amide bonds. The molecule has 8 heteroatoms. The Labute approximate surface area is 97.4 Å². The smallest absolute Gasteiger partial charge is 0.183 e. The summed E-state index contributed by atoms with van der Waals surface area (Å²) in [6, 6.07) is 0. The van der Waals surface area contributed by atoms with E-state index < -0.39 is 9.84 Å². The second kappa shape index (κ2) is 3.39. The molecule has 0 radical (unpaired) electrons. The van der Waals surface area contributed by atoms with Crippen molar-refractivity contribution in [1.82, 2.24) is 19.9 Å². The number of rotatable bonds is 1. The number of nitrogens with one attached hydrogen (secondary N) is 1. The molecule has 3 N–H and O–H groups in total. The Kier molecular flexibility index (Phi) is 2.09. The van der Waals surface area contributed by atoms with E-state index in [1.165, 1.54) is 6.33 Å². The van der Waals surface area contributed by atoms with Crippen LogP contribution < -0.4 is 5.73 Å². The molecular weight excluding hydrogens is 242 g/mol. The number of nitrogen functional groups attached to an aromatic ring is 1. The van der Waals surface area contributed by atoms with Crippen molar-refractivity contribution in [3.05, 3.63) is 12.2 Å². The lowest BCUT2D eigenvalue weighted by molar-refractivity contribution is 0.601. The van der Waals surface area contributed by atoms with E-state index in [1.807, 2.05) is 0 Å². The molecule has 1 aliphatic heterocycles. The van der Waals surface area contributed by atoms with Crippen molar-refractivity contribution in [2.45, 2.75) is 12.3 Å². The van der Waals surface area contributed by atoms with Crippen molar-refractivity contribution in [2.24, 2.45) is 0 Å². The number of fused-ring (bicyclic) bond motifs is 1. The molecule has 0 aliphatic carbocycles. The molecule has 90 valence electrons. The van der Waals surface area contributed by atoms with Crippen LogP contribution in [0.15, 0.2) is 6.33 Å². The van der Waals surface area contributed by atoms with Gasteiger partial charge in [-0.05, 0) is 6.42 Å². The maximum Gasteiger partial charge on any atom is 0.183 e. The number of aromatic nitrogens is 4. The van der Waals surface area contributed by atoms with Gasteiger partial charge in [-0.1, -0.05) is 0 Å². The van der Waals surface area contributed by atoms with Gasteiger partial charge in [-0.2, -0.15) is 0 Å². The molecule has 2 aromatic heterocycles. The van der Waals surface area contributed by atoms with Crippen LogP contribution in [-0.2, 0) is 9.84 Å². The highest BCUT2D eigenvalue weighted by Crippen LogP contribution is 2.28. The molecule has 3 heterocycles. The Hall–Kier alpha value is -1.70. The van der Waals surface area contributed by atoms with Gasteiger partial charge >= 0.3 is 0 Å². The molecule has 17 heavy (non-hydrogen) atoms. The van der Waals surface area contributed by atoms with Crippen LogP contribution in [0.25, 0.3) is 11.2 Å². The summed E-state index contributed by atoms with van der Waals surface area (Å²) >= 11 is 0. The SMILES string of the molecule is Nc1ncnc2nc(C3CCS(=O)(=O)C3)[nH]c12. The summed E-state index contributed by atoms with van der Waals surface area (Å²) in [5, 5.41) is 0. The van der Waals surface area contributed by atoms with E-state index >= 15 is 0 Å². The van der Waals surface area contributed by atoms with E-state index in [1.54, 1.807) is 0 Å². The van der Waals surface area contributed by atoms with Crippen molar-refractivity contribution in [2.75, 3.05) is 17.2 Å². The number of aromatic amines is 1. The van der Waals surface area contributed by atoms with Crippen LogP contribution in [0.4, 0.5) is 5.82 Å². The van der Waals surface area contributed by atoms with Crippen LogP contribution in [-0.4, -0.2) is 39.9 Å². The lowest BCUT2D eigenvalue weighted by Crippen LogP contribution is -2.04. The third kappa shape index (κ3) is 1.74. The second-order valence-electron chi connectivity index (χ2n) is 4.18. The predicted molar refractivity (Wildman–Crippen MR) is 62.1 cm³/mol. The summed E-state index contributed by atoms with van der Waals surface area (Å²) in [5.74, 6) is 1.23. The highest BCUT2D eigenvalue weighted by Gasteiger charge is 2.31. The summed E-state index contributed by atoms with van der Waals surface area (Å²) in [7, 11) is -2.92. The standard InChI is InChI=1S/C9H11N5O2S/c10-7-6-9(12-4-11-7)14-8(13-6)5-1-2-17(15,16)3-5/h4-5H,1-3H2,(H3,10,11,12,13,14). The zero-order valence-electron chi connectivity index (χ0n) is 8.92. The number of sulfone groups is 1. The summed E-state index contributed by atoms with van der Waals surface area (Å²) in [5.41, 5.74) is 6.74. The second-order valence-corrected chi connectivity index (χ2v) is 6.41. The predicted octanol–water partition coefficient (Wildman–Crippen LogP) is -0.163. The Morgan fingerprint density at radius 3 is 2.88 bits per heavy atom. The first-order chi connectivity index (χ1) is 8.05. The maximum absolute atomic E-state index is 11.4. The minimum Gasteiger partial charge on any atom is -0.382 e. The molecule has 0 spiro atoms. The molecule has 0 aromatic carbocycles. The average molecular weight is 253 g/mol. The summed E-state index contributed by atoms with van der Waals surface area (Å²) in [6.45, 7) is 0. The number of imidazole rings is 1. The number of hydrogen-bond donors (Lipinski definition) is 2. The fourth-order valence-electron chi connectivity index (χ4n) is 2.07. The Bertz CT molecular complexity index is 678. The topological polar surface area (TPSA) is 115 Å². The maximum atomic E-state index is 11.4. The minimum absolute atomic E-state index is 0.0893. The van der Waals surface area contributed by atoms with E-state index in [-0.39, 0.29) is 17.4 Å². The van der Waals surface area contributed by atoms with Gasteiger partial charge in [0.15, 0.2) is 21.3 Å². The highest BCUT2D eigenvalue weighted by molar-refractivity contribution is 7.91. The van der Waals surface area contributed by atoms with Crippen LogP contribution >= 0.6 is 0 Å². The number of hydrogen-bond acceptors (Lipinski definition) is 6. The number of nitrogens with two attached hydrogens (primary N) is 1. The molecule has 7 nitrogen and oxygen atoms in total. The molecule has 1 saturated heterocycles. The monoisotopic (exact) mass is 253 g/mol. The molecule has 1 fully saturated rings. The van der Waals surface area contributed by atoms with Crippen LogP contribution in [0.2, 0.25) is 0 Å². The third-order valence-corrected chi connectivity index (χ3v) is 4.72.